The van der Waals surface area contributed by atoms with Crippen LogP contribution in [-0.2, 0) is 24.1 Å². The van der Waals surface area contributed by atoms with Gasteiger partial charge in [-0.2, -0.15) is 5.10 Å². The van der Waals surface area contributed by atoms with Crippen molar-refractivity contribution >= 4 is 17.5 Å². The molecule has 132 valence electrons. The van der Waals surface area contributed by atoms with E-state index in [1.165, 1.54) is 11.1 Å². The third-order valence-corrected chi connectivity index (χ3v) is 5.53. The highest BCUT2D eigenvalue weighted by Crippen LogP contribution is 2.32. The van der Waals surface area contributed by atoms with E-state index in [4.69, 9.17) is 17.3 Å². The Labute approximate surface area is 150 Å². The Hall–Kier alpha value is -1.96. The van der Waals surface area contributed by atoms with Crippen molar-refractivity contribution in [2.24, 2.45) is 5.73 Å². The number of hydrazine groups is 1. The predicted octanol–water partition coefficient (Wildman–Crippen LogP) is 0.929. The highest BCUT2D eigenvalue weighted by molar-refractivity contribution is 6.21. The molecular weight excluding hydrogens is 340 g/mol. The van der Waals surface area contributed by atoms with Gasteiger partial charge in [0.2, 0.25) is 5.91 Å². The predicted molar refractivity (Wildman–Crippen MR) is 94.4 cm³/mol. The van der Waals surface area contributed by atoms with Crippen LogP contribution in [0.1, 0.15) is 42.2 Å². The van der Waals surface area contributed by atoms with Gasteiger partial charge in [-0.15, -0.1) is 11.6 Å². The second-order valence-corrected chi connectivity index (χ2v) is 7.21. The van der Waals surface area contributed by atoms with E-state index in [1.807, 2.05) is 23.7 Å². The van der Waals surface area contributed by atoms with E-state index in [1.54, 1.807) is 0 Å². The minimum Gasteiger partial charge on any atom is -0.369 e. The Balaban J connectivity index is 1.82. The first-order valence-corrected chi connectivity index (χ1v) is 8.98. The number of nitrogens with one attached hydrogen (secondary N) is 2. The number of aromatic nitrogens is 3. The summed E-state index contributed by atoms with van der Waals surface area (Å²) in [5.74, 6) is 0.673. The summed E-state index contributed by atoms with van der Waals surface area (Å²) in [5.41, 5.74) is 15.3. The van der Waals surface area contributed by atoms with Gasteiger partial charge in [0.15, 0.2) is 11.6 Å². The van der Waals surface area contributed by atoms with Crippen molar-refractivity contribution in [3.63, 3.8) is 0 Å². The first-order valence-electron chi connectivity index (χ1n) is 8.55. The van der Waals surface area contributed by atoms with Gasteiger partial charge in [0.25, 0.3) is 0 Å². The summed E-state index contributed by atoms with van der Waals surface area (Å²) >= 11 is 6.56. The minimum atomic E-state index is -0.449. The fourth-order valence-corrected chi connectivity index (χ4v) is 3.89. The smallest absolute Gasteiger partial charge is 0.225 e. The molecule has 0 bridgehead atoms. The van der Waals surface area contributed by atoms with E-state index in [0.29, 0.717) is 11.6 Å². The molecule has 1 aromatic heterocycles. The van der Waals surface area contributed by atoms with Gasteiger partial charge >= 0.3 is 0 Å². The Morgan fingerprint density at radius 3 is 2.96 bits per heavy atom. The number of nitrogens with zero attached hydrogens (tertiary/aromatic N) is 3. The van der Waals surface area contributed by atoms with Gasteiger partial charge in [-0.1, -0.05) is 12.1 Å². The van der Waals surface area contributed by atoms with Crippen LogP contribution in [0.4, 0.5) is 0 Å². The number of alkyl halides is 1. The van der Waals surface area contributed by atoms with E-state index in [0.717, 1.165) is 24.9 Å². The molecule has 0 saturated carbocycles. The lowest BCUT2D eigenvalue weighted by Gasteiger charge is -2.16. The van der Waals surface area contributed by atoms with Gasteiger partial charge in [0.1, 0.15) is 0 Å². The van der Waals surface area contributed by atoms with Crippen LogP contribution in [0, 0.1) is 0 Å². The summed E-state index contributed by atoms with van der Waals surface area (Å²) in [6.07, 6.45) is 3.26. The number of hydrogen-bond acceptors (Lipinski definition) is 5. The maximum Gasteiger partial charge on any atom is 0.225 e. The summed E-state index contributed by atoms with van der Waals surface area (Å²) in [6, 6.07) is 6.14. The number of carbonyl (C=O) groups is 1. The summed E-state index contributed by atoms with van der Waals surface area (Å²) in [7, 11) is 0. The van der Waals surface area contributed by atoms with Gasteiger partial charge in [0, 0.05) is 6.04 Å². The lowest BCUT2D eigenvalue weighted by molar-refractivity contribution is -0.117. The van der Waals surface area contributed by atoms with Crippen molar-refractivity contribution in [2.45, 2.75) is 50.1 Å². The normalized spacial score (nSPS) is 25.3. The van der Waals surface area contributed by atoms with Crippen molar-refractivity contribution in [3.8, 4) is 5.69 Å². The molecule has 1 amide bonds. The van der Waals surface area contributed by atoms with Crippen molar-refractivity contribution in [3.05, 3.63) is 41.0 Å². The monoisotopic (exact) mass is 360 g/mol. The van der Waals surface area contributed by atoms with Crippen LogP contribution in [0.2, 0.25) is 0 Å². The third kappa shape index (κ3) is 2.92. The minimum absolute atomic E-state index is 0.0116. The van der Waals surface area contributed by atoms with Crippen molar-refractivity contribution < 1.29 is 4.79 Å². The molecule has 1 saturated heterocycles. The number of aryl methyl sites for hydroxylation is 1. The van der Waals surface area contributed by atoms with Crippen LogP contribution >= 0.6 is 11.6 Å². The number of benzene rings is 1. The molecular formula is C17H21ClN6O. The van der Waals surface area contributed by atoms with Crippen LogP contribution < -0.4 is 16.6 Å². The number of halogens is 1. The second-order valence-electron chi connectivity index (χ2n) is 6.71. The molecule has 3 atom stereocenters. The molecule has 0 spiro atoms. The Kier molecular flexibility index (Phi) is 4.23. The van der Waals surface area contributed by atoms with E-state index in [9.17, 15) is 4.79 Å². The average molecular weight is 361 g/mol. The maximum absolute atomic E-state index is 11.3. The number of carbonyl (C=O) groups excluding carboxylic acids is 1. The lowest BCUT2D eigenvalue weighted by atomic mass is 10.1. The Bertz CT molecular complexity index is 819. The molecule has 3 unspecified atom stereocenters. The van der Waals surface area contributed by atoms with Crippen molar-refractivity contribution in [2.75, 3.05) is 0 Å². The molecule has 0 radical (unpaired) electrons. The van der Waals surface area contributed by atoms with Gasteiger partial charge < -0.3 is 5.73 Å². The molecule has 1 aliphatic carbocycles. The van der Waals surface area contributed by atoms with E-state index in [2.05, 4.69) is 27.0 Å². The molecule has 1 fully saturated rings. The van der Waals surface area contributed by atoms with Gasteiger partial charge in [-0.05, 0) is 43.4 Å². The molecule has 4 N–H and O–H groups in total. The summed E-state index contributed by atoms with van der Waals surface area (Å²) in [4.78, 5) is 15.9. The number of rotatable bonds is 4. The quantitative estimate of drug-likeness (QED) is 0.704. The molecule has 1 aliphatic heterocycles. The molecule has 2 aromatic rings. The third-order valence-electron chi connectivity index (χ3n) is 4.90. The second kappa shape index (κ2) is 6.40. The topological polar surface area (TPSA) is 97.9 Å². The number of hydrogen-bond donors (Lipinski definition) is 3. The highest BCUT2D eigenvalue weighted by atomic mass is 35.5. The molecule has 4 rings (SSSR count). The van der Waals surface area contributed by atoms with Gasteiger partial charge in [0.05, 0.1) is 23.5 Å². The van der Waals surface area contributed by atoms with Crippen LogP contribution in [0.5, 0.6) is 0 Å². The highest BCUT2D eigenvalue weighted by Gasteiger charge is 2.37. The number of primary amides is 1. The molecule has 2 heterocycles. The molecule has 1 aromatic carbocycles. The van der Waals surface area contributed by atoms with E-state index < -0.39 is 5.91 Å². The number of amides is 1. The fraction of sp³-hybridized carbons (Fsp3) is 0.471. The number of nitrogens with two attached hydrogens (primary N) is 1. The Morgan fingerprint density at radius 1 is 1.40 bits per heavy atom. The van der Waals surface area contributed by atoms with Crippen LogP contribution in [0.3, 0.4) is 0 Å². The SMILES string of the molecule is CC1NNC(c2nc(CC(N)=O)nn2-c2cccc3c2CCC3)C1Cl. The largest absolute Gasteiger partial charge is 0.369 e. The zero-order valence-corrected chi connectivity index (χ0v) is 14.8. The van der Waals surface area contributed by atoms with Crippen molar-refractivity contribution in [1.82, 2.24) is 25.6 Å². The molecule has 25 heavy (non-hydrogen) atoms. The Morgan fingerprint density at radius 2 is 2.24 bits per heavy atom. The molecule has 2 aliphatic rings. The van der Waals surface area contributed by atoms with E-state index in [-0.39, 0.29) is 23.9 Å². The maximum atomic E-state index is 11.3. The fourth-order valence-electron chi connectivity index (χ4n) is 3.65. The summed E-state index contributed by atoms with van der Waals surface area (Å²) in [6.45, 7) is 2.01. The van der Waals surface area contributed by atoms with Crippen LogP contribution in [-0.4, -0.2) is 32.1 Å². The van der Waals surface area contributed by atoms with Crippen LogP contribution in [0.25, 0.3) is 5.69 Å². The molecule has 7 nitrogen and oxygen atoms in total. The summed E-state index contributed by atoms with van der Waals surface area (Å²) in [5, 5.41) is 4.40. The lowest BCUT2D eigenvalue weighted by Crippen LogP contribution is -2.30. The zero-order chi connectivity index (χ0) is 17.6. The van der Waals surface area contributed by atoms with Gasteiger partial charge in [-0.3, -0.25) is 10.2 Å². The number of fused-ring (bicyclic) bond motifs is 1. The zero-order valence-electron chi connectivity index (χ0n) is 14.0. The van der Waals surface area contributed by atoms with Gasteiger partial charge in [-0.25, -0.2) is 15.1 Å². The standard InChI is InChI=1S/C17H21ClN6O/c1-9-15(18)16(22-21-9)17-20-14(8-13(19)25)23-24(17)12-7-3-5-10-4-2-6-11(10)12/h3,5,7,9,15-16,21-22H,2,4,6,8H2,1H3,(H2,19,25). The average Bonchev–Trinajstić information content (AvgIpc) is 3.27. The first-order chi connectivity index (χ1) is 12.0. The van der Waals surface area contributed by atoms with Crippen molar-refractivity contribution in [1.29, 1.82) is 0 Å². The summed E-state index contributed by atoms with van der Waals surface area (Å²) < 4.78 is 1.83. The van der Waals surface area contributed by atoms with Crippen LogP contribution in [0.15, 0.2) is 18.2 Å². The molecule has 8 heteroatoms. The first kappa shape index (κ1) is 16.5. The van der Waals surface area contributed by atoms with E-state index >= 15 is 0 Å².